The smallest absolute Gasteiger partial charge is 0.0870 e. The van der Waals surface area contributed by atoms with Crippen LogP contribution in [0.2, 0.25) is 5.02 Å². The molecular formula is C15H16ClNO. The lowest BCUT2D eigenvalue weighted by Crippen LogP contribution is -2.08. The molecule has 0 amide bonds. The minimum atomic E-state index is -0.611. The second-order valence-corrected chi connectivity index (χ2v) is 4.95. The van der Waals surface area contributed by atoms with Crippen LogP contribution in [0.1, 0.15) is 35.6 Å². The van der Waals surface area contributed by atoms with Crippen LogP contribution in [0.5, 0.6) is 0 Å². The Bertz CT molecular complexity index is 527. The van der Waals surface area contributed by atoms with Gasteiger partial charge in [0.2, 0.25) is 0 Å². The lowest BCUT2D eigenvalue weighted by Gasteiger charge is -2.20. The van der Waals surface area contributed by atoms with E-state index in [4.69, 9.17) is 11.6 Å². The molecule has 2 rings (SSSR count). The first-order valence-electron chi connectivity index (χ1n) is 5.93. The predicted octanol–water partition coefficient (Wildman–Crippen LogP) is 3.88. The van der Waals surface area contributed by atoms with E-state index in [0.29, 0.717) is 5.02 Å². The van der Waals surface area contributed by atoms with E-state index < -0.39 is 6.10 Å². The maximum atomic E-state index is 10.4. The monoisotopic (exact) mass is 261 g/mol. The molecule has 0 spiro atoms. The van der Waals surface area contributed by atoms with Crippen molar-refractivity contribution < 1.29 is 5.11 Å². The van der Waals surface area contributed by atoms with Gasteiger partial charge in [-0.25, -0.2) is 0 Å². The second-order valence-electron chi connectivity index (χ2n) is 4.54. The van der Waals surface area contributed by atoms with Gasteiger partial charge in [0.1, 0.15) is 0 Å². The maximum absolute atomic E-state index is 10.4. The van der Waals surface area contributed by atoms with Crippen molar-refractivity contribution in [3.63, 3.8) is 0 Å². The zero-order chi connectivity index (χ0) is 13.1. The van der Waals surface area contributed by atoms with Gasteiger partial charge in [-0.3, -0.25) is 4.98 Å². The molecular weight excluding hydrogens is 246 g/mol. The van der Waals surface area contributed by atoms with E-state index in [0.717, 1.165) is 16.7 Å². The van der Waals surface area contributed by atoms with E-state index in [-0.39, 0.29) is 5.92 Å². The molecule has 1 aromatic carbocycles. The van der Waals surface area contributed by atoms with Gasteiger partial charge in [-0.2, -0.15) is 0 Å². The van der Waals surface area contributed by atoms with E-state index in [1.165, 1.54) is 0 Å². The van der Waals surface area contributed by atoms with Crippen LogP contribution in [0.4, 0.5) is 0 Å². The third-order valence-electron chi connectivity index (χ3n) is 3.18. The summed E-state index contributed by atoms with van der Waals surface area (Å²) in [7, 11) is 0. The third kappa shape index (κ3) is 2.71. The van der Waals surface area contributed by atoms with E-state index in [2.05, 4.69) is 4.98 Å². The van der Waals surface area contributed by atoms with Crippen LogP contribution < -0.4 is 0 Å². The number of benzene rings is 1. The number of aliphatic hydroxyl groups excluding tert-OH is 1. The summed E-state index contributed by atoms with van der Waals surface area (Å²) in [6, 6.07) is 9.55. The molecule has 0 aliphatic heterocycles. The highest BCUT2D eigenvalue weighted by molar-refractivity contribution is 6.31. The summed E-state index contributed by atoms with van der Waals surface area (Å²) >= 11 is 6.18. The third-order valence-corrected chi connectivity index (χ3v) is 3.51. The van der Waals surface area contributed by atoms with Crippen LogP contribution in [0.25, 0.3) is 0 Å². The Morgan fingerprint density at radius 3 is 2.44 bits per heavy atom. The van der Waals surface area contributed by atoms with Gasteiger partial charge in [0.15, 0.2) is 0 Å². The van der Waals surface area contributed by atoms with Crippen LogP contribution in [-0.4, -0.2) is 10.1 Å². The van der Waals surface area contributed by atoms with Crippen molar-refractivity contribution in [1.82, 2.24) is 4.98 Å². The normalized spacial score (nSPS) is 14.2. The molecule has 0 radical (unpaired) electrons. The standard InChI is InChI=1S/C15H16ClNO/c1-10-3-4-13(14(16)9-10)15(18)11(2)12-5-7-17-8-6-12/h3-9,11,15,18H,1-2H3. The van der Waals surface area contributed by atoms with Crippen LogP contribution in [0.15, 0.2) is 42.7 Å². The summed E-state index contributed by atoms with van der Waals surface area (Å²) < 4.78 is 0. The van der Waals surface area contributed by atoms with Gasteiger partial charge >= 0.3 is 0 Å². The van der Waals surface area contributed by atoms with E-state index in [1.54, 1.807) is 12.4 Å². The molecule has 3 heteroatoms. The molecule has 2 nitrogen and oxygen atoms in total. The molecule has 18 heavy (non-hydrogen) atoms. The maximum Gasteiger partial charge on any atom is 0.0870 e. The van der Waals surface area contributed by atoms with Gasteiger partial charge in [0.25, 0.3) is 0 Å². The lowest BCUT2D eigenvalue weighted by atomic mass is 9.91. The number of aliphatic hydroxyl groups is 1. The van der Waals surface area contributed by atoms with Crippen molar-refractivity contribution >= 4 is 11.6 Å². The van der Waals surface area contributed by atoms with Crippen LogP contribution in [0.3, 0.4) is 0 Å². The number of pyridine rings is 1. The first-order chi connectivity index (χ1) is 8.59. The van der Waals surface area contributed by atoms with E-state index in [9.17, 15) is 5.11 Å². The fourth-order valence-corrected chi connectivity index (χ4v) is 2.34. The Morgan fingerprint density at radius 2 is 1.83 bits per heavy atom. The van der Waals surface area contributed by atoms with Crippen LogP contribution in [-0.2, 0) is 0 Å². The quantitative estimate of drug-likeness (QED) is 0.910. The molecule has 1 N–H and O–H groups in total. The van der Waals surface area contributed by atoms with Crippen LogP contribution >= 0.6 is 11.6 Å². The molecule has 2 atom stereocenters. The number of aromatic nitrogens is 1. The van der Waals surface area contributed by atoms with Gasteiger partial charge in [0.05, 0.1) is 6.10 Å². The Hall–Kier alpha value is -1.38. The first kappa shape index (κ1) is 13.1. The summed E-state index contributed by atoms with van der Waals surface area (Å²) in [5, 5.41) is 11.0. The second kappa shape index (κ2) is 5.51. The van der Waals surface area contributed by atoms with Crippen molar-refractivity contribution in [2.24, 2.45) is 0 Å². The highest BCUT2D eigenvalue weighted by atomic mass is 35.5. The molecule has 0 aliphatic carbocycles. The van der Waals surface area contributed by atoms with Crippen molar-refractivity contribution in [3.05, 3.63) is 64.4 Å². The summed E-state index contributed by atoms with van der Waals surface area (Å²) in [6.45, 7) is 3.96. The summed E-state index contributed by atoms with van der Waals surface area (Å²) in [5.74, 6) is -0.0202. The summed E-state index contributed by atoms with van der Waals surface area (Å²) in [6.07, 6.45) is 2.85. The molecule has 2 unspecified atom stereocenters. The Morgan fingerprint density at radius 1 is 1.17 bits per heavy atom. The van der Waals surface area contributed by atoms with Crippen molar-refractivity contribution in [2.45, 2.75) is 25.9 Å². The Balaban J connectivity index is 2.28. The van der Waals surface area contributed by atoms with Gasteiger partial charge < -0.3 is 5.11 Å². The van der Waals surface area contributed by atoms with Gasteiger partial charge in [0, 0.05) is 23.3 Å². The van der Waals surface area contributed by atoms with Crippen molar-refractivity contribution in [1.29, 1.82) is 0 Å². The fourth-order valence-electron chi connectivity index (χ4n) is 1.99. The molecule has 0 saturated carbocycles. The summed E-state index contributed by atoms with van der Waals surface area (Å²) in [4.78, 5) is 3.98. The lowest BCUT2D eigenvalue weighted by molar-refractivity contribution is 0.151. The van der Waals surface area contributed by atoms with Crippen molar-refractivity contribution in [3.8, 4) is 0 Å². The zero-order valence-electron chi connectivity index (χ0n) is 10.5. The molecule has 0 saturated heterocycles. The first-order valence-corrected chi connectivity index (χ1v) is 6.31. The number of aryl methyl sites for hydroxylation is 1. The fraction of sp³-hybridized carbons (Fsp3) is 0.267. The number of nitrogens with zero attached hydrogens (tertiary/aromatic N) is 1. The van der Waals surface area contributed by atoms with Crippen molar-refractivity contribution in [2.75, 3.05) is 0 Å². The Kier molecular flexibility index (Phi) is 4.00. The molecule has 1 aromatic heterocycles. The largest absolute Gasteiger partial charge is 0.388 e. The number of hydrogen-bond acceptors (Lipinski definition) is 2. The average molecular weight is 262 g/mol. The van der Waals surface area contributed by atoms with Gasteiger partial charge in [-0.05, 0) is 41.8 Å². The predicted molar refractivity (Wildman–Crippen MR) is 73.8 cm³/mol. The van der Waals surface area contributed by atoms with E-state index >= 15 is 0 Å². The minimum Gasteiger partial charge on any atom is -0.388 e. The molecule has 94 valence electrons. The van der Waals surface area contributed by atoms with Crippen LogP contribution in [0, 0.1) is 6.92 Å². The highest BCUT2D eigenvalue weighted by Gasteiger charge is 2.20. The topological polar surface area (TPSA) is 33.1 Å². The number of halogens is 1. The average Bonchev–Trinajstić information content (AvgIpc) is 2.38. The highest BCUT2D eigenvalue weighted by Crippen LogP contribution is 2.34. The number of hydrogen-bond donors (Lipinski definition) is 1. The molecule has 1 heterocycles. The van der Waals surface area contributed by atoms with Gasteiger partial charge in [-0.15, -0.1) is 0 Å². The molecule has 2 aromatic rings. The Labute approximate surface area is 112 Å². The molecule has 0 aliphatic rings. The SMILES string of the molecule is Cc1ccc(C(O)C(C)c2ccncc2)c(Cl)c1. The molecule has 0 fully saturated rings. The van der Waals surface area contributed by atoms with Gasteiger partial charge in [-0.1, -0.05) is 30.7 Å². The number of rotatable bonds is 3. The summed E-state index contributed by atoms with van der Waals surface area (Å²) in [5.41, 5.74) is 2.91. The van der Waals surface area contributed by atoms with E-state index in [1.807, 2.05) is 44.2 Å². The molecule has 0 bridgehead atoms. The zero-order valence-corrected chi connectivity index (χ0v) is 11.2. The minimum absolute atomic E-state index is 0.0202.